The van der Waals surface area contributed by atoms with Crippen LogP contribution in [-0.2, 0) is 20.0 Å². The highest BCUT2D eigenvalue weighted by molar-refractivity contribution is 6.02. The van der Waals surface area contributed by atoms with E-state index in [4.69, 9.17) is 0 Å². The summed E-state index contributed by atoms with van der Waals surface area (Å²) in [5.74, 6) is -0.535. The van der Waals surface area contributed by atoms with Gasteiger partial charge in [0, 0.05) is 18.9 Å². The molecule has 2 fully saturated rings. The van der Waals surface area contributed by atoms with Crippen molar-refractivity contribution in [2.75, 3.05) is 4.90 Å². The van der Waals surface area contributed by atoms with Crippen molar-refractivity contribution in [2.24, 2.45) is 5.92 Å². The van der Waals surface area contributed by atoms with E-state index in [1.165, 1.54) is 16.7 Å². The van der Waals surface area contributed by atoms with E-state index in [1.807, 2.05) is 13.8 Å². The number of amides is 3. The lowest BCUT2D eigenvalue weighted by Crippen LogP contribution is -2.66. The minimum atomic E-state index is -1.44. The van der Waals surface area contributed by atoms with Gasteiger partial charge in [0.1, 0.15) is 23.9 Å². The molecule has 3 aliphatic heterocycles. The lowest BCUT2D eigenvalue weighted by molar-refractivity contribution is -0.150. The minimum absolute atomic E-state index is 0.0877. The van der Waals surface area contributed by atoms with Gasteiger partial charge < -0.3 is 15.3 Å². The highest BCUT2D eigenvalue weighted by Crippen LogP contribution is 2.53. The van der Waals surface area contributed by atoms with Crippen molar-refractivity contribution in [3.8, 4) is 0 Å². The quantitative estimate of drug-likeness (QED) is 0.816. The van der Waals surface area contributed by atoms with Crippen molar-refractivity contribution < 1.29 is 19.5 Å². The number of rotatable bonds is 2. The van der Waals surface area contributed by atoms with Gasteiger partial charge >= 0.3 is 0 Å². The third-order valence-electron chi connectivity index (χ3n) is 5.62. The average Bonchev–Trinajstić information content (AvgIpc) is 3.00. The van der Waals surface area contributed by atoms with Crippen molar-refractivity contribution in [1.82, 2.24) is 10.2 Å². The molecule has 0 radical (unpaired) electrons. The first-order valence-corrected chi connectivity index (χ1v) is 9.00. The van der Waals surface area contributed by atoms with Gasteiger partial charge in [-0.05, 0) is 18.4 Å². The largest absolute Gasteiger partial charge is 0.381 e. The van der Waals surface area contributed by atoms with E-state index in [0.29, 0.717) is 17.7 Å². The van der Waals surface area contributed by atoms with Crippen LogP contribution < -0.4 is 10.2 Å². The summed E-state index contributed by atoms with van der Waals surface area (Å²) in [6, 6.07) is 5.72. The summed E-state index contributed by atoms with van der Waals surface area (Å²) in [5.41, 5.74) is -0.243. The van der Waals surface area contributed by atoms with Crippen LogP contribution in [0.2, 0.25) is 0 Å². The zero-order valence-corrected chi connectivity index (χ0v) is 15.1. The van der Waals surface area contributed by atoms with Gasteiger partial charge in [0.05, 0.1) is 5.69 Å². The standard InChI is InChI=1S/C19H23N3O4/c1-10(2)8-13-17(25)22-15(16(24)20-13)9-19(26)12-6-4-5-7-14(12)21(11(3)23)18(19)22/h4-7,10,13,15,18,26H,8-9H2,1-3H3,(H,20,24)/t13-,15+,18-,19-/m0/s1. The summed E-state index contributed by atoms with van der Waals surface area (Å²) in [5, 5.41) is 14.3. The summed E-state index contributed by atoms with van der Waals surface area (Å²) in [7, 11) is 0. The Morgan fingerprint density at radius 2 is 2.04 bits per heavy atom. The number of aliphatic hydroxyl groups is 1. The molecule has 1 aromatic carbocycles. The fraction of sp³-hybridized carbons (Fsp3) is 0.526. The molecule has 138 valence electrons. The third-order valence-corrected chi connectivity index (χ3v) is 5.62. The van der Waals surface area contributed by atoms with Crippen LogP contribution in [0.25, 0.3) is 0 Å². The number of fused-ring (bicyclic) bond motifs is 5. The number of hydrogen-bond donors (Lipinski definition) is 2. The molecule has 0 aromatic heterocycles. The van der Waals surface area contributed by atoms with E-state index >= 15 is 0 Å². The second kappa shape index (κ2) is 5.54. The lowest BCUT2D eigenvalue weighted by Gasteiger charge is -2.41. The fourth-order valence-electron chi connectivity index (χ4n) is 4.64. The molecule has 1 aromatic rings. The second-order valence-corrected chi connectivity index (χ2v) is 7.86. The Labute approximate surface area is 152 Å². The zero-order valence-electron chi connectivity index (χ0n) is 15.1. The smallest absolute Gasteiger partial charge is 0.247 e. The maximum Gasteiger partial charge on any atom is 0.247 e. The SMILES string of the molecule is CC(=O)N1c2ccccc2[C@@]2(O)C[C@@H]3C(=O)N[C@@H](CC(C)C)C(=O)N3[C@H]12. The highest BCUT2D eigenvalue weighted by Gasteiger charge is 2.65. The zero-order chi connectivity index (χ0) is 18.8. The first kappa shape index (κ1) is 17.0. The van der Waals surface area contributed by atoms with Crippen LogP contribution in [0.1, 0.15) is 39.2 Å². The Morgan fingerprint density at radius 1 is 1.35 bits per heavy atom. The summed E-state index contributed by atoms with van der Waals surface area (Å²) >= 11 is 0. The molecule has 4 atom stereocenters. The summed E-state index contributed by atoms with van der Waals surface area (Å²) in [4.78, 5) is 41.1. The Kier molecular flexibility index (Phi) is 3.63. The number of piperazine rings is 1. The second-order valence-electron chi connectivity index (χ2n) is 7.86. The van der Waals surface area contributed by atoms with Gasteiger partial charge in [-0.15, -0.1) is 0 Å². The van der Waals surface area contributed by atoms with Crippen LogP contribution in [-0.4, -0.2) is 46.0 Å². The Morgan fingerprint density at radius 3 is 2.69 bits per heavy atom. The fourth-order valence-corrected chi connectivity index (χ4v) is 4.64. The van der Waals surface area contributed by atoms with E-state index in [-0.39, 0.29) is 30.1 Å². The van der Waals surface area contributed by atoms with E-state index in [2.05, 4.69) is 5.32 Å². The summed E-state index contributed by atoms with van der Waals surface area (Å²) in [6.45, 7) is 5.38. The van der Waals surface area contributed by atoms with Gasteiger partial charge in [-0.1, -0.05) is 32.0 Å². The molecule has 7 nitrogen and oxygen atoms in total. The molecule has 0 saturated carbocycles. The van der Waals surface area contributed by atoms with E-state index in [1.54, 1.807) is 24.3 Å². The number of anilines is 1. The van der Waals surface area contributed by atoms with E-state index in [9.17, 15) is 19.5 Å². The average molecular weight is 357 g/mol. The van der Waals surface area contributed by atoms with Gasteiger partial charge in [0.25, 0.3) is 0 Å². The number of para-hydroxylation sites is 1. The lowest BCUT2D eigenvalue weighted by atomic mass is 9.91. The molecule has 26 heavy (non-hydrogen) atoms. The molecule has 3 aliphatic rings. The van der Waals surface area contributed by atoms with Gasteiger partial charge in [-0.25, -0.2) is 0 Å². The number of nitrogens with one attached hydrogen (secondary N) is 1. The van der Waals surface area contributed by atoms with Gasteiger partial charge in [0.2, 0.25) is 17.7 Å². The van der Waals surface area contributed by atoms with Crippen LogP contribution in [0.5, 0.6) is 0 Å². The van der Waals surface area contributed by atoms with Crippen molar-refractivity contribution in [3.63, 3.8) is 0 Å². The van der Waals surface area contributed by atoms with Crippen LogP contribution >= 0.6 is 0 Å². The van der Waals surface area contributed by atoms with Crippen LogP contribution in [0.3, 0.4) is 0 Å². The topological polar surface area (TPSA) is 90.0 Å². The number of carbonyl (C=O) groups is 3. The van der Waals surface area contributed by atoms with Crippen LogP contribution in [0.4, 0.5) is 5.69 Å². The Balaban J connectivity index is 1.82. The number of hydrogen-bond acceptors (Lipinski definition) is 4. The predicted molar refractivity (Wildman–Crippen MR) is 93.9 cm³/mol. The third kappa shape index (κ3) is 2.13. The Bertz CT molecular complexity index is 808. The molecule has 0 aliphatic carbocycles. The van der Waals surface area contributed by atoms with Crippen LogP contribution in [0, 0.1) is 5.92 Å². The molecule has 0 unspecified atom stereocenters. The van der Waals surface area contributed by atoms with Crippen molar-refractivity contribution >= 4 is 23.4 Å². The number of benzene rings is 1. The molecule has 3 amide bonds. The molecule has 0 spiro atoms. The van der Waals surface area contributed by atoms with Gasteiger partial charge in [-0.3, -0.25) is 19.3 Å². The molecule has 7 heteroatoms. The first-order chi connectivity index (χ1) is 12.3. The van der Waals surface area contributed by atoms with E-state index in [0.717, 1.165) is 0 Å². The molecule has 2 saturated heterocycles. The molecule has 4 rings (SSSR count). The Hall–Kier alpha value is -2.41. The van der Waals surface area contributed by atoms with Crippen LogP contribution in [0.15, 0.2) is 24.3 Å². The summed E-state index contributed by atoms with van der Waals surface area (Å²) < 4.78 is 0. The maximum absolute atomic E-state index is 13.2. The first-order valence-electron chi connectivity index (χ1n) is 9.00. The van der Waals surface area contributed by atoms with Gasteiger partial charge in [-0.2, -0.15) is 0 Å². The molecular weight excluding hydrogens is 334 g/mol. The monoisotopic (exact) mass is 357 g/mol. The summed E-state index contributed by atoms with van der Waals surface area (Å²) in [6.07, 6.45) is -0.272. The maximum atomic E-state index is 13.2. The minimum Gasteiger partial charge on any atom is -0.381 e. The molecular formula is C19H23N3O4. The predicted octanol–water partition coefficient (Wildman–Crippen LogP) is 0.712. The van der Waals surface area contributed by atoms with E-state index < -0.39 is 23.9 Å². The number of nitrogens with zero attached hydrogens (tertiary/aromatic N) is 2. The van der Waals surface area contributed by atoms with Crippen molar-refractivity contribution in [3.05, 3.63) is 29.8 Å². The number of carbonyl (C=O) groups excluding carboxylic acids is 3. The van der Waals surface area contributed by atoms with Crippen molar-refractivity contribution in [2.45, 2.75) is 57.5 Å². The highest BCUT2D eigenvalue weighted by atomic mass is 16.3. The normalized spacial score (nSPS) is 32.4. The molecule has 2 N–H and O–H groups in total. The molecule has 0 bridgehead atoms. The molecule has 3 heterocycles. The van der Waals surface area contributed by atoms with Crippen molar-refractivity contribution in [1.29, 1.82) is 0 Å². The van der Waals surface area contributed by atoms with Gasteiger partial charge in [0.15, 0.2) is 0 Å².